The Hall–Kier alpha value is -1.97. The molecule has 1 aromatic carbocycles. The van der Waals surface area contributed by atoms with Crippen molar-refractivity contribution in [1.82, 2.24) is 14.8 Å². The van der Waals surface area contributed by atoms with Crippen molar-refractivity contribution >= 4 is 5.78 Å². The van der Waals surface area contributed by atoms with Crippen LogP contribution in [0, 0.1) is 13.8 Å². The van der Waals surface area contributed by atoms with Gasteiger partial charge in [-0.3, -0.25) is 4.79 Å². The van der Waals surface area contributed by atoms with Crippen molar-refractivity contribution in [3.63, 3.8) is 0 Å². The molecule has 0 spiro atoms. The number of ketones is 1. The largest absolute Gasteiger partial charge is 0.290 e. The molecule has 0 aliphatic carbocycles. The predicted molar refractivity (Wildman–Crippen MR) is 74.3 cm³/mol. The number of aryl methyl sites for hydroxylation is 3. The topological polar surface area (TPSA) is 47.8 Å². The van der Waals surface area contributed by atoms with E-state index >= 15 is 0 Å². The summed E-state index contributed by atoms with van der Waals surface area (Å²) in [5.74, 6) is 0.488. The standard InChI is InChI=1S/C15H19N3O/c1-4-7-18-15(16-10-17-18)14(19)9-13-8-11(2)5-6-12(13)3/h5-6,8,10H,4,7,9H2,1-3H3. The van der Waals surface area contributed by atoms with Gasteiger partial charge < -0.3 is 0 Å². The first-order chi connectivity index (χ1) is 9.11. The van der Waals surface area contributed by atoms with E-state index in [0.717, 1.165) is 24.1 Å². The number of aromatic nitrogens is 3. The number of rotatable bonds is 5. The summed E-state index contributed by atoms with van der Waals surface area (Å²) >= 11 is 0. The summed E-state index contributed by atoms with van der Waals surface area (Å²) in [6, 6.07) is 6.17. The van der Waals surface area contributed by atoms with Crippen LogP contribution >= 0.6 is 0 Å². The molecule has 19 heavy (non-hydrogen) atoms. The van der Waals surface area contributed by atoms with E-state index in [9.17, 15) is 4.79 Å². The van der Waals surface area contributed by atoms with E-state index in [1.54, 1.807) is 4.68 Å². The Morgan fingerprint density at radius 2 is 2.11 bits per heavy atom. The summed E-state index contributed by atoms with van der Waals surface area (Å²) < 4.78 is 1.69. The molecule has 2 aromatic rings. The van der Waals surface area contributed by atoms with Gasteiger partial charge in [0.05, 0.1) is 0 Å². The molecule has 1 aromatic heterocycles. The van der Waals surface area contributed by atoms with Crippen molar-refractivity contribution in [2.75, 3.05) is 0 Å². The van der Waals surface area contributed by atoms with E-state index in [1.165, 1.54) is 11.9 Å². The van der Waals surface area contributed by atoms with Crippen molar-refractivity contribution in [3.05, 3.63) is 47.0 Å². The molecule has 0 unspecified atom stereocenters. The summed E-state index contributed by atoms with van der Waals surface area (Å²) in [5, 5.41) is 4.09. The molecule has 0 aliphatic heterocycles. The first-order valence-corrected chi connectivity index (χ1v) is 6.59. The van der Waals surface area contributed by atoms with E-state index in [-0.39, 0.29) is 5.78 Å². The van der Waals surface area contributed by atoms with Crippen LogP contribution in [0.4, 0.5) is 0 Å². The van der Waals surface area contributed by atoms with Crippen LogP contribution < -0.4 is 0 Å². The number of hydrogen-bond acceptors (Lipinski definition) is 3. The Bertz CT molecular complexity index is 587. The van der Waals surface area contributed by atoms with Gasteiger partial charge in [0.1, 0.15) is 6.33 Å². The van der Waals surface area contributed by atoms with Gasteiger partial charge in [0.25, 0.3) is 0 Å². The molecule has 0 saturated heterocycles. The Morgan fingerprint density at radius 3 is 2.84 bits per heavy atom. The smallest absolute Gasteiger partial charge is 0.204 e. The van der Waals surface area contributed by atoms with E-state index in [1.807, 2.05) is 13.8 Å². The fraction of sp³-hybridized carbons (Fsp3) is 0.400. The lowest BCUT2D eigenvalue weighted by Crippen LogP contribution is -2.14. The zero-order valence-electron chi connectivity index (χ0n) is 11.7. The molecule has 1 heterocycles. The summed E-state index contributed by atoms with van der Waals surface area (Å²) in [6.45, 7) is 6.85. The van der Waals surface area contributed by atoms with Crippen LogP contribution in [-0.4, -0.2) is 20.5 Å². The molecule has 0 atom stereocenters. The van der Waals surface area contributed by atoms with E-state index in [4.69, 9.17) is 0 Å². The number of Topliss-reactive ketones (excluding diaryl/α,β-unsaturated/α-hetero) is 1. The third kappa shape index (κ3) is 3.08. The minimum Gasteiger partial charge on any atom is -0.290 e. The van der Waals surface area contributed by atoms with Gasteiger partial charge in [-0.05, 0) is 31.4 Å². The minimum atomic E-state index is 0.0275. The van der Waals surface area contributed by atoms with E-state index < -0.39 is 0 Å². The maximum atomic E-state index is 12.3. The first kappa shape index (κ1) is 13.5. The molecule has 0 aliphatic rings. The van der Waals surface area contributed by atoms with Crippen LogP contribution in [-0.2, 0) is 13.0 Å². The van der Waals surface area contributed by atoms with Crippen LogP contribution in [0.1, 0.15) is 40.7 Å². The second kappa shape index (κ2) is 5.78. The highest BCUT2D eigenvalue weighted by Gasteiger charge is 2.15. The van der Waals surface area contributed by atoms with Crippen LogP contribution in [0.3, 0.4) is 0 Å². The Labute approximate surface area is 113 Å². The fourth-order valence-electron chi connectivity index (χ4n) is 2.10. The summed E-state index contributed by atoms with van der Waals surface area (Å²) in [6.07, 6.45) is 2.77. The second-order valence-corrected chi connectivity index (χ2v) is 4.84. The average Bonchev–Trinajstić information content (AvgIpc) is 2.82. The number of benzene rings is 1. The molecule has 0 amide bonds. The molecule has 0 bridgehead atoms. The lowest BCUT2D eigenvalue weighted by atomic mass is 10.0. The average molecular weight is 257 g/mol. The molecule has 4 nitrogen and oxygen atoms in total. The third-order valence-electron chi connectivity index (χ3n) is 3.16. The monoisotopic (exact) mass is 257 g/mol. The van der Waals surface area contributed by atoms with Crippen LogP contribution in [0.15, 0.2) is 24.5 Å². The van der Waals surface area contributed by atoms with Gasteiger partial charge in [0, 0.05) is 13.0 Å². The van der Waals surface area contributed by atoms with Gasteiger partial charge in [-0.15, -0.1) is 0 Å². The molecule has 0 saturated carbocycles. The predicted octanol–water partition coefficient (Wildman–Crippen LogP) is 2.73. The zero-order chi connectivity index (χ0) is 13.8. The Morgan fingerprint density at radius 1 is 1.32 bits per heavy atom. The molecular weight excluding hydrogens is 238 g/mol. The van der Waals surface area contributed by atoms with Crippen molar-refractivity contribution in [3.8, 4) is 0 Å². The van der Waals surface area contributed by atoms with Crippen LogP contribution in [0.25, 0.3) is 0 Å². The lowest BCUT2D eigenvalue weighted by molar-refractivity contribution is 0.0977. The summed E-state index contributed by atoms with van der Waals surface area (Å²) in [5.41, 5.74) is 3.37. The molecular formula is C15H19N3O. The highest BCUT2D eigenvalue weighted by atomic mass is 16.1. The highest BCUT2D eigenvalue weighted by molar-refractivity contribution is 5.94. The summed E-state index contributed by atoms with van der Waals surface area (Å²) in [4.78, 5) is 16.4. The summed E-state index contributed by atoms with van der Waals surface area (Å²) in [7, 11) is 0. The maximum Gasteiger partial charge on any atom is 0.204 e. The molecule has 100 valence electrons. The molecule has 0 radical (unpaired) electrons. The minimum absolute atomic E-state index is 0.0275. The van der Waals surface area contributed by atoms with Gasteiger partial charge in [-0.2, -0.15) is 5.10 Å². The normalized spacial score (nSPS) is 10.7. The lowest BCUT2D eigenvalue weighted by Gasteiger charge is -2.07. The van der Waals surface area contributed by atoms with Crippen molar-refractivity contribution in [2.45, 2.75) is 40.2 Å². The number of hydrogen-bond donors (Lipinski definition) is 0. The molecule has 0 N–H and O–H groups in total. The second-order valence-electron chi connectivity index (χ2n) is 4.84. The molecule has 4 heteroatoms. The van der Waals surface area contributed by atoms with Gasteiger partial charge in [0.15, 0.2) is 5.82 Å². The zero-order valence-corrected chi connectivity index (χ0v) is 11.7. The van der Waals surface area contributed by atoms with Gasteiger partial charge in [-0.25, -0.2) is 9.67 Å². The van der Waals surface area contributed by atoms with Gasteiger partial charge in [-0.1, -0.05) is 30.7 Å². The van der Waals surface area contributed by atoms with Crippen molar-refractivity contribution < 1.29 is 4.79 Å². The van der Waals surface area contributed by atoms with E-state index in [2.05, 4.69) is 35.2 Å². The van der Waals surface area contributed by atoms with E-state index in [0.29, 0.717) is 12.2 Å². The van der Waals surface area contributed by atoms with Crippen molar-refractivity contribution in [1.29, 1.82) is 0 Å². The SMILES string of the molecule is CCCn1ncnc1C(=O)Cc1cc(C)ccc1C. The Balaban J connectivity index is 2.21. The van der Waals surface area contributed by atoms with Crippen LogP contribution in [0.2, 0.25) is 0 Å². The quantitative estimate of drug-likeness (QED) is 0.774. The maximum absolute atomic E-state index is 12.3. The number of carbonyl (C=O) groups is 1. The van der Waals surface area contributed by atoms with Gasteiger partial charge >= 0.3 is 0 Å². The number of nitrogens with zero attached hydrogens (tertiary/aromatic N) is 3. The number of carbonyl (C=O) groups excluding carboxylic acids is 1. The first-order valence-electron chi connectivity index (χ1n) is 6.59. The highest BCUT2D eigenvalue weighted by Crippen LogP contribution is 2.13. The third-order valence-corrected chi connectivity index (χ3v) is 3.16. The van der Waals surface area contributed by atoms with Crippen molar-refractivity contribution in [2.24, 2.45) is 0 Å². The van der Waals surface area contributed by atoms with Gasteiger partial charge in [0.2, 0.25) is 5.78 Å². The molecule has 2 rings (SSSR count). The Kier molecular flexibility index (Phi) is 4.10. The fourth-order valence-corrected chi connectivity index (χ4v) is 2.10. The van der Waals surface area contributed by atoms with Crippen LogP contribution in [0.5, 0.6) is 0 Å². The molecule has 0 fully saturated rings.